The van der Waals surface area contributed by atoms with Crippen LogP contribution in [0, 0.1) is 6.92 Å². The van der Waals surface area contributed by atoms with Crippen molar-refractivity contribution in [2.45, 2.75) is 77.3 Å². The summed E-state index contributed by atoms with van der Waals surface area (Å²) in [7, 11) is -4.10. The number of nitrogens with one attached hydrogen (secondary N) is 1. The summed E-state index contributed by atoms with van der Waals surface area (Å²) in [5.41, 5.74) is 3.92. The molecule has 2 heterocycles. The number of aliphatic hydroxyl groups is 1. The largest absolute Gasteiger partial charge is 0.394 e. The number of nitrogens with zero attached hydrogens (tertiary/aromatic N) is 4. The number of benzene rings is 3. The normalized spacial score (nSPS) is 14.3. The summed E-state index contributed by atoms with van der Waals surface area (Å²) in [6.45, 7) is 8.60. The van der Waals surface area contributed by atoms with Crippen LogP contribution in [-0.4, -0.2) is 76.4 Å². The van der Waals surface area contributed by atoms with Gasteiger partial charge in [0.2, 0.25) is 0 Å². The highest BCUT2D eigenvalue weighted by molar-refractivity contribution is 7.92. The number of aliphatic hydroxyl groups excluding tert-OH is 1. The first-order valence-electron chi connectivity index (χ1n) is 17.1. The molecule has 5 rings (SSSR count). The van der Waals surface area contributed by atoms with E-state index in [-0.39, 0.29) is 46.7 Å². The van der Waals surface area contributed by atoms with Gasteiger partial charge in [0.15, 0.2) is 11.5 Å². The quantitative estimate of drug-likeness (QED) is 0.159. The molecule has 4 aromatic rings. The molecule has 1 aliphatic rings. The molecule has 12 heteroatoms. The highest BCUT2D eigenvalue weighted by Gasteiger charge is 2.32. The number of amides is 2. The Morgan fingerprint density at radius 3 is 2.22 bits per heavy atom. The fourth-order valence-electron chi connectivity index (χ4n) is 6.18. The highest BCUT2D eigenvalue weighted by atomic mass is 32.2. The Hall–Kier alpha value is -4.81. The van der Waals surface area contributed by atoms with Gasteiger partial charge in [-0.1, -0.05) is 63.1 Å². The molecule has 0 bridgehead atoms. The van der Waals surface area contributed by atoms with Crippen LogP contribution in [0.1, 0.15) is 94.5 Å². The molecule has 2 N–H and O–H groups in total. The van der Waals surface area contributed by atoms with Crippen molar-refractivity contribution in [1.82, 2.24) is 19.6 Å². The van der Waals surface area contributed by atoms with Crippen LogP contribution in [0.25, 0.3) is 5.69 Å². The molecular weight excluding hydrogens is 655 g/mol. The molecule has 2 amide bonds. The molecule has 1 aromatic heterocycles. The van der Waals surface area contributed by atoms with Crippen molar-refractivity contribution in [2.24, 2.45) is 0 Å². The molecule has 3 aromatic carbocycles. The summed E-state index contributed by atoms with van der Waals surface area (Å²) in [4.78, 5) is 43.3. The minimum absolute atomic E-state index is 0.0470. The zero-order valence-electron chi connectivity index (χ0n) is 29.1. The fourth-order valence-corrected chi connectivity index (χ4v) is 7.23. The van der Waals surface area contributed by atoms with Crippen molar-refractivity contribution in [3.05, 3.63) is 106 Å². The molecule has 0 unspecified atom stereocenters. The van der Waals surface area contributed by atoms with E-state index in [2.05, 4.69) is 18.6 Å². The van der Waals surface area contributed by atoms with Gasteiger partial charge in [0.25, 0.3) is 21.8 Å². The van der Waals surface area contributed by atoms with Crippen LogP contribution in [0.2, 0.25) is 0 Å². The third-order valence-corrected chi connectivity index (χ3v) is 10.5. The van der Waals surface area contributed by atoms with Gasteiger partial charge < -0.3 is 14.9 Å². The third-order valence-electron chi connectivity index (χ3n) is 9.06. The molecule has 264 valence electrons. The number of sulfonamides is 1. The van der Waals surface area contributed by atoms with E-state index < -0.39 is 22.0 Å². The first kappa shape index (κ1) is 36.5. The first-order valence-corrected chi connectivity index (χ1v) is 18.6. The number of aromatic nitrogens is 2. The number of carbonyl (C=O) groups is 3. The average Bonchev–Trinajstić information content (AvgIpc) is 3.51. The SMILES string of the molecule is CCCCN(CCCC)C(=O)c1cc(C)n(-c2ccc(NS(=O)(=O)c3ccc(C(C)=O)cc3)cc2C(=O)N2Cc3ccccc3C[C@H]2CO)n1. The maximum absolute atomic E-state index is 14.5. The van der Waals surface area contributed by atoms with Gasteiger partial charge >= 0.3 is 0 Å². The summed E-state index contributed by atoms with van der Waals surface area (Å²) in [5, 5.41) is 15.1. The van der Waals surface area contributed by atoms with Gasteiger partial charge in [-0.05, 0) is 80.6 Å². The van der Waals surface area contributed by atoms with E-state index in [1.54, 1.807) is 34.7 Å². The Bertz CT molecular complexity index is 1960. The van der Waals surface area contributed by atoms with Gasteiger partial charge in [0.05, 0.1) is 28.8 Å². The first-order chi connectivity index (χ1) is 24.0. The van der Waals surface area contributed by atoms with Crippen molar-refractivity contribution in [2.75, 3.05) is 24.4 Å². The number of carbonyl (C=O) groups excluding carboxylic acids is 3. The molecule has 0 saturated carbocycles. The third kappa shape index (κ3) is 7.97. The minimum Gasteiger partial charge on any atom is -0.394 e. The highest BCUT2D eigenvalue weighted by Crippen LogP contribution is 2.30. The van der Waals surface area contributed by atoms with Crippen LogP contribution in [0.3, 0.4) is 0 Å². The molecule has 11 nitrogen and oxygen atoms in total. The Morgan fingerprint density at radius 1 is 0.940 bits per heavy atom. The number of hydrogen-bond donors (Lipinski definition) is 2. The van der Waals surface area contributed by atoms with E-state index in [0.717, 1.165) is 36.8 Å². The number of anilines is 1. The Balaban J connectivity index is 1.56. The lowest BCUT2D eigenvalue weighted by Gasteiger charge is -2.36. The lowest BCUT2D eigenvalue weighted by atomic mass is 9.93. The lowest BCUT2D eigenvalue weighted by Crippen LogP contribution is -2.46. The molecule has 0 aliphatic carbocycles. The Kier molecular flexibility index (Phi) is 11.5. The molecular formula is C38H45N5O6S. The second kappa shape index (κ2) is 15.8. The monoisotopic (exact) mass is 699 g/mol. The van der Waals surface area contributed by atoms with Gasteiger partial charge in [-0.3, -0.25) is 19.1 Å². The van der Waals surface area contributed by atoms with E-state index >= 15 is 0 Å². The van der Waals surface area contributed by atoms with E-state index in [0.29, 0.717) is 36.5 Å². The number of ketones is 1. The predicted octanol–water partition coefficient (Wildman–Crippen LogP) is 5.79. The van der Waals surface area contributed by atoms with Crippen molar-refractivity contribution in [3.8, 4) is 5.69 Å². The van der Waals surface area contributed by atoms with Crippen LogP contribution < -0.4 is 4.72 Å². The molecule has 0 radical (unpaired) electrons. The van der Waals surface area contributed by atoms with Crippen LogP contribution >= 0.6 is 0 Å². The summed E-state index contributed by atoms with van der Waals surface area (Å²) in [5.74, 6) is -0.791. The number of unbranched alkanes of at least 4 members (excludes halogenated alkanes) is 2. The zero-order valence-corrected chi connectivity index (χ0v) is 29.9. The number of Topliss-reactive ketones (excluding diaryl/α,β-unsaturated/α-hetero) is 1. The maximum atomic E-state index is 14.5. The van der Waals surface area contributed by atoms with Gasteiger partial charge in [0, 0.05) is 36.6 Å². The second-order valence-corrected chi connectivity index (χ2v) is 14.4. The van der Waals surface area contributed by atoms with Gasteiger partial charge in [-0.2, -0.15) is 5.10 Å². The summed E-state index contributed by atoms with van der Waals surface area (Å²) >= 11 is 0. The minimum atomic E-state index is -4.10. The molecule has 0 saturated heterocycles. The molecule has 0 spiro atoms. The smallest absolute Gasteiger partial charge is 0.274 e. The predicted molar refractivity (Wildman–Crippen MR) is 192 cm³/mol. The number of aryl methyl sites for hydroxylation is 1. The summed E-state index contributed by atoms with van der Waals surface area (Å²) in [6, 6.07) is 19.2. The van der Waals surface area contributed by atoms with Crippen LogP contribution in [0.5, 0.6) is 0 Å². The molecule has 50 heavy (non-hydrogen) atoms. The van der Waals surface area contributed by atoms with Gasteiger partial charge in [-0.15, -0.1) is 0 Å². The molecule has 1 atom stereocenters. The molecule has 0 fully saturated rings. The van der Waals surface area contributed by atoms with E-state index in [1.807, 2.05) is 29.2 Å². The fraction of sp³-hybridized carbons (Fsp3) is 0.368. The van der Waals surface area contributed by atoms with Gasteiger partial charge in [-0.25, -0.2) is 13.1 Å². The summed E-state index contributed by atoms with van der Waals surface area (Å²) < 4.78 is 31.0. The topological polar surface area (TPSA) is 142 Å². The Morgan fingerprint density at radius 2 is 1.60 bits per heavy atom. The standard InChI is InChI=1S/C38H45N5O6S/c1-5-7-19-41(20-8-6-2)38(47)35-21-26(3)43(39-35)36-18-15-31(40-50(48,49)33-16-13-28(14-17-33)27(4)45)23-34(36)37(46)42-24-30-12-10-9-11-29(30)22-32(42)25-44/h9-18,21,23,32,40,44H,5-8,19-20,22,24-25H2,1-4H3/t32-/m0/s1. The Labute approximate surface area is 294 Å². The second-order valence-electron chi connectivity index (χ2n) is 12.7. The summed E-state index contributed by atoms with van der Waals surface area (Å²) in [6.07, 6.45) is 4.10. The van der Waals surface area contributed by atoms with E-state index in [1.165, 1.54) is 37.3 Å². The van der Waals surface area contributed by atoms with Crippen LogP contribution in [0.15, 0.2) is 77.7 Å². The zero-order chi connectivity index (χ0) is 36.0. The van der Waals surface area contributed by atoms with Crippen molar-refractivity contribution in [1.29, 1.82) is 0 Å². The van der Waals surface area contributed by atoms with Crippen LogP contribution in [0.4, 0.5) is 5.69 Å². The van der Waals surface area contributed by atoms with Crippen molar-refractivity contribution < 1.29 is 27.9 Å². The lowest BCUT2D eigenvalue weighted by molar-refractivity contribution is 0.0544. The number of fused-ring (bicyclic) bond motifs is 1. The van der Waals surface area contributed by atoms with Gasteiger partial charge in [0.1, 0.15) is 0 Å². The average molecular weight is 700 g/mol. The van der Waals surface area contributed by atoms with Crippen molar-refractivity contribution in [3.63, 3.8) is 0 Å². The van der Waals surface area contributed by atoms with E-state index in [4.69, 9.17) is 5.10 Å². The number of hydrogen-bond acceptors (Lipinski definition) is 7. The van der Waals surface area contributed by atoms with Crippen LogP contribution in [-0.2, 0) is 23.0 Å². The maximum Gasteiger partial charge on any atom is 0.274 e. The van der Waals surface area contributed by atoms with E-state index in [9.17, 15) is 27.9 Å². The molecule has 1 aliphatic heterocycles. The van der Waals surface area contributed by atoms with Crippen molar-refractivity contribution >= 4 is 33.3 Å². The number of rotatable bonds is 14.